The van der Waals surface area contributed by atoms with Gasteiger partial charge in [-0.05, 0) is 27.1 Å². The van der Waals surface area contributed by atoms with Gasteiger partial charge in [0.1, 0.15) is 0 Å². The van der Waals surface area contributed by atoms with Crippen LogP contribution in [0.25, 0.3) is 0 Å². The topological polar surface area (TPSA) is 33.1 Å². The van der Waals surface area contributed by atoms with Gasteiger partial charge in [0.2, 0.25) is 0 Å². The Morgan fingerprint density at radius 2 is 2.17 bits per heavy atom. The molecule has 0 saturated carbocycles. The lowest BCUT2D eigenvalue weighted by atomic mass is 10.1. The van der Waals surface area contributed by atoms with E-state index in [9.17, 15) is 0 Å². The second-order valence-corrected chi connectivity index (χ2v) is 5.21. The molecule has 0 spiro atoms. The molecule has 104 valence electrons. The molecule has 4 nitrogen and oxygen atoms in total. The molecule has 1 aromatic heterocycles. The van der Waals surface area contributed by atoms with Crippen LogP contribution < -0.4 is 5.32 Å². The van der Waals surface area contributed by atoms with E-state index in [0.29, 0.717) is 6.04 Å². The molecule has 5 heteroatoms. The summed E-state index contributed by atoms with van der Waals surface area (Å²) >= 11 is 6.29. The van der Waals surface area contributed by atoms with Gasteiger partial charge in [0.05, 0.1) is 29.5 Å². The number of nitrogens with one attached hydrogen (secondary N) is 1. The fourth-order valence-electron chi connectivity index (χ4n) is 2.06. The third-order valence-corrected chi connectivity index (χ3v) is 3.24. The van der Waals surface area contributed by atoms with E-state index >= 15 is 0 Å². The van der Waals surface area contributed by atoms with Crippen molar-refractivity contribution >= 4 is 11.6 Å². The second-order valence-electron chi connectivity index (χ2n) is 4.80. The Hall–Kier alpha value is -0.580. The largest absolute Gasteiger partial charge is 0.309 e. The molecule has 1 N–H and O–H groups in total. The fraction of sp³-hybridized carbons (Fsp3) is 0.769. The van der Waals surface area contributed by atoms with Crippen molar-refractivity contribution in [1.82, 2.24) is 20.0 Å². The zero-order chi connectivity index (χ0) is 13.5. The van der Waals surface area contributed by atoms with Crippen LogP contribution in [0.3, 0.4) is 0 Å². The Morgan fingerprint density at radius 3 is 2.72 bits per heavy atom. The van der Waals surface area contributed by atoms with Gasteiger partial charge in [-0.15, -0.1) is 0 Å². The summed E-state index contributed by atoms with van der Waals surface area (Å²) in [7, 11) is 4.14. The summed E-state index contributed by atoms with van der Waals surface area (Å²) in [6.45, 7) is 7.10. The second kappa shape index (κ2) is 7.77. The zero-order valence-electron chi connectivity index (χ0n) is 11.9. The minimum Gasteiger partial charge on any atom is -0.309 e. The first-order chi connectivity index (χ1) is 8.60. The Morgan fingerprint density at radius 1 is 1.44 bits per heavy atom. The highest BCUT2D eigenvalue weighted by Crippen LogP contribution is 2.26. The molecule has 1 heterocycles. The maximum atomic E-state index is 6.29. The molecule has 1 atom stereocenters. The first kappa shape index (κ1) is 15.5. The lowest BCUT2D eigenvalue weighted by molar-refractivity contribution is 0.360. The zero-order valence-corrected chi connectivity index (χ0v) is 12.7. The lowest BCUT2D eigenvalue weighted by Gasteiger charge is -2.20. The van der Waals surface area contributed by atoms with Crippen LogP contribution in [-0.2, 0) is 6.54 Å². The molecule has 0 radical (unpaired) electrons. The maximum Gasteiger partial charge on any atom is 0.0834 e. The standard InChI is InChI=1S/C13H25ClN4/c1-5-7-12(15-6-2)13-11(14)10-16-18(13)9-8-17(3)4/h10,12,15H,5-9H2,1-4H3. The van der Waals surface area contributed by atoms with Crippen molar-refractivity contribution in [2.75, 3.05) is 27.2 Å². The van der Waals surface area contributed by atoms with Crippen LogP contribution in [0.15, 0.2) is 6.20 Å². The molecule has 0 aromatic carbocycles. The van der Waals surface area contributed by atoms with Gasteiger partial charge in [0, 0.05) is 6.54 Å². The van der Waals surface area contributed by atoms with Crippen LogP contribution in [0, 0.1) is 0 Å². The number of halogens is 1. The van der Waals surface area contributed by atoms with Crippen molar-refractivity contribution in [3.63, 3.8) is 0 Å². The number of aromatic nitrogens is 2. The molecule has 0 bridgehead atoms. The summed E-state index contributed by atoms with van der Waals surface area (Å²) in [4.78, 5) is 2.15. The molecular weight excluding hydrogens is 248 g/mol. The highest BCUT2D eigenvalue weighted by Gasteiger charge is 2.18. The lowest BCUT2D eigenvalue weighted by Crippen LogP contribution is -2.26. The van der Waals surface area contributed by atoms with E-state index in [0.717, 1.165) is 43.2 Å². The van der Waals surface area contributed by atoms with E-state index in [1.807, 2.05) is 4.68 Å². The predicted octanol–water partition coefficient (Wildman–Crippen LogP) is 2.55. The monoisotopic (exact) mass is 272 g/mol. The average molecular weight is 273 g/mol. The van der Waals surface area contributed by atoms with Crippen molar-refractivity contribution in [1.29, 1.82) is 0 Å². The summed E-state index contributed by atoms with van der Waals surface area (Å²) in [5.41, 5.74) is 1.13. The van der Waals surface area contributed by atoms with Crippen LogP contribution in [0.5, 0.6) is 0 Å². The minimum atomic E-state index is 0.303. The van der Waals surface area contributed by atoms with E-state index in [-0.39, 0.29) is 0 Å². The minimum absolute atomic E-state index is 0.303. The van der Waals surface area contributed by atoms with E-state index in [2.05, 4.69) is 43.3 Å². The third-order valence-electron chi connectivity index (χ3n) is 2.95. The molecule has 0 aliphatic carbocycles. The molecule has 1 unspecified atom stereocenters. The summed E-state index contributed by atoms with van der Waals surface area (Å²) in [5, 5.41) is 8.66. The maximum absolute atomic E-state index is 6.29. The van der Waals surface area contributed by atoms with Crippen LogP contribution in [0.1, 0.15) is 38.4 Å². The molecule has 0 saturated heterocycles. The summed E-state index contributed by atoms with van der Waals surface area (Å²) in [5.74, 6) is 0. The van der Waals surface area contributed by atoms with Gasteiger partial charge in [-0.1, -0.05) is 31.9 Å². The van der Waals surface area contributed by atoms with Gasteiger partial charge >= 0.3 is 0 Å². The number of likely N-dealkylation sites (N-methyl/N-ethyl adjacent to an activating group) is 1. The van der Waals surface area contributed by atoms with Crippen LogP contribution in [0.2, 0.25) is 5.02 Å². The molecule has 18 heavy (non-hydrogen) atoms. The highest BCUT2D eigenvalue weighted by molar-refractivity contribution is 6.31. The van der Waals surface area contributed by atoms with E-state index in [4.69, 9.17) is 11.6 Å². The van der Waals surface area contributed by atoms with Crippen molar-refractivity contribution in [3.8, 4) is 0 Å². The van der Waals surface area contributed by atoms with Crippen molar-refractivity contribution < 1.29 is 0 Å². The average Bonchev–Trinajstić information content (AvgIpc) is 2.67. The van der Waals surface area contributed by atoms with Crippen LogP contribution >= 0.6 is 11.6 Å². The first-order valence-corrected chi connectivity index (χ1v) is 7.07. The van der Waals surface area contributed by atoms with Gasteiger partial charge in [-0.3, -0.25) is 4.68 Å². The highest BCUT2D eigenvalue weighted by atomic mass is 35.5. The van der Waals surface area contributed by atoms with E-state index in [1.54, 1.807) is 6.20 Å². The summed E-state index contributed by atoms with van der Waals surface area (Å²) in [6, 6.07) is 0.303. The van der Waals surface area contributed by atoms with Gasteiger partial charge < -0.3 is 10.2 Å². The van der Waals surface area contributed by atoms with Crippen molar-refractivity contribution in [2.24, 2.45) is 0 Å². The van der Waals surface area contributed by atoms with Gasteiger partial charge in [-0.25, -0.2) is 0 Å². The Labute approximate surface area is 115 Å². The number of hydrogen-bond acceptors (Lipinski definition) is 3. The van der Waals surface area contributed by atoms with Gasteiger partial charge in [0.15, 0.2) is 0 Å². The summed E-state index contributed by atoms with van der Waals surface area (Å²) in [6.07, 6.45) is 3.97. The molecular formula is C13H25ClN4. The smallest absolute Gasteiger partial charge is 0.0834 e. The Kier molecular flexibility index (Phi) is 6.68. The molecule has 0 fully saturated rings. The number of nitrogens with zero attached hydrogens (tertiary/aromatic N) is 3. The number of rotatable bonds is 8. The Bertz CT molecular complexity index is 343. The SMILES string of the molecule is CCCC(NCC)c1c(Cl)cnn1CCN(C)C. The molecule has 1 rings (SSSR count). The van der Waals surface area contributed by atoms with E-state index in [1.165, 1.54) is 0 Å². The fourth-order valence-corrected chi connectivity index (χ4v) is 2.33. The van der Waals surface area contributed by atoms with Crippen molar-refractivity contribution in [2.45, 2.75) is 39.3 Å². The predicted molar refractivity (Wildman–Crippen MR) is 77.1 cm³/mol. The van der Waals surface area contributed by atoms with Crippen LogP contribution in [0.4, 0.5) is 0 Å². The molecule has 0 aliphatic rings. The first-order valence-electron chi connectivity index (χ1n) is 6.69. The quantitative estimate of drug-likeness (QED) is 0.790. The molecule has 0 amide bonds. The van der Waals surface area contributed by atoms with Crippen LogP contribution in [-0.4, -0.2) is 41.9 Å². The Balaban J connectivity index is 2.85. The molecule has 0 aliphatic heterocycles. The normalized spacial score (nSPS) is 13.2. The molecule has 1 aromatic rings. The van der Waals surface area contributed by atoms with Crippen molar-refractivity contribution in [3.05, 3.63) is 16.9 Å². The van der Waals surface area contributed by atoms with Gasteiger partial charge in [-0.2, -0.15) is 5.10 Å². The summed E-state index contributed by atoms with van der Waals surface area (Å²) < 4.78 is 2.03. The number of hydrogen-bond donors (Lipinski definition) is 1. The van der Waals surface area contributed by atoms with Gasteiger partial charge in [0.25, 0.3) is 0 Å². The third kappa shape index (κ3) is 4.26. The van der Waals surface area contributed by atoms with E-state index < -0.39 is 0 Å².